The fourth-order valence-corrected chi connectivity index (χ4v) is 3.18. The SMILES string of the molecule is CCC(CC)CN(CC(=O)OC)C(=O)C1CSCCN1. The number of methoxy groups -OCH3 is 1. The lowest BCUT2D eigenvalue weighted by atomic mass is 10.0. The normalized spacial score (nSPS) is 18.9. The molecule has 20 heavy (non-hydrogen) atoms. The summed E-state index contributed by atoms with van der Waals surface area (Å²) in [6, 6.07) is -0.173. The highest BCUT2D eigenvalue weighted by atomic mass is 32.2. The molecule has 0 aromatic rings. The third kappa shape index (κ3) is 5.32. The highest BCUT2D eigenvalue weighted by Crippen LogP contribution is 2.14. The first-order chi connectivity index (χ1) is 9.62. The second-order valence-electron chi connectivity index (χ2n) is 5.06. The van der Waals surface area contributed by atoms with Crippen LogP contribution in [-0.4, -0.2) is 61.1 Å². The van der Waals surface area contributed by atoms with E-state index in [0.717, 1.165) is 30.9 Å². The fraction of sp³-hybridized carbons (Fsp3) is 0.857. The molecule has 0 spiro atoms. The number of ether oxygens (including phenoxy) is 1. The van der Waals surface area contributed by atoms with Crippen LogP contribution in [0.4, 0.5) is 0 Å². The largest absolute Gasteiger partial charge is 0.468 e. The lowest BCUT2D eigenvalue weighted by molar-refractivity contribution is -0.148. The molecule has 1 saturated heterocycles. The van der Waals surface area contributed by atoms with Crippen molar-refractivity contribution in [3.8, 4) is 0 Å². The summed E-state index contributed by atoms with van der Waals surface area (Å²) in [5, 5.41) is 3.24. The number of nitrogens with zero attached hydrogens (tertiary/aromatic N) is 1. The number of hydrogen-bond acceptors (Lipinski definition) is 5. The molecule has 0 bridgehead atoms. The van der Waals surface area contributed by atoms with Crippen LogP contribution in [0.25, 0.3) is 0 Å². The van der Waals surface area contributed by atoms with Crippen molar-refractivity contribution in [2.24, 2.45) is 5.92 Å². The van der Waals surface area contributed by atoms with E-state index in [9.17, 15) is 9.59 Å². The van der Waals surface area contributed by atoms with Crippen LogP contribution < -0.4 is 5.32 Å². The molecule has 1 rings (SSSR count). The van der Waals surface area contributed by atoms with Crippen LogP contribution in [0.15, 0.2) is 0 Å². The van der Waals surface area contributed by atoms with Crippen LogP contribution in [0.3, 0.4) is 0 Å². The van der Waals surface area contributed by atoms with Gasteiger partial charge in [0.25, 0.3) is 0 Å². The van der Waals surface area contributed by atoms with Crippen LogP contribution in [0.2, 0.25) is 0 Å². The molecule has 0 saturated carbocycles. The molecule has 0 aliphatic carbocycles. The molecule has 0 radical (unpaired) electrons. The van der Waals surface area contributed by atoms with Gasteiger partial charge in [-0.15, -0.1) is 0 Å². The Morgan fingerprint density at radius 3 is 2.60 bits per heavy atom. The van der Waals surface area contributed by atoms with Gasteiger partial charge in [0.2, 0.25) is 5.91 Å². The molecule has 116 valence electrons. The number of amides is 1. The summed E-state index contributed by atoms with van der Waals surface area (Å²) in [6.07, 6.45) is 2.02. The number of carbonyl (C=O) groups excluding carboxylic acids is 2. The van der Waals surface area contributed by atoms with Crippen molar-refractivity contribution in [2.75, 3.05) is 38.2 Å². The summed E-state index contributed by atoms with van der Waals surface area (Å²) in [5.74, 6) is 1.91. The fourth-order valence-electron chi connectivity index (χ4n) is 2.26. The molecule has 1 fully saturated rings. The Labute approximate surface area is 125 Å². The molecule has 1 aliphatic rings. The molecular formula is C14H26N2O3S. The van der Waals surface area contributed by atoms with Crippen molar-refractivity contribution >= 4 is 23.6 Å². The van der Waals surface area contributed by atoms with E-state index in [1.807, 2.05) is 0 Å². The maximum atomic E-state index is 12.6. The van der Waals surface area contributed by atoms with Crippen molar-refractivity contribution in [3.63, 3.8) is 0 Å². The Balaban J connectivity index is 2.68. The van der Waals surface area contributed by atoms with Crippen molar-refractivity contribution in [1.82, 2.24) is 10.2 Å². The zero-order valence-corrected chi connectivity index (χ0v) is 13.5. The minimum atomic E-state index is -0.354. The smallest absolute Gasteiger partial charge is 0.325 e. The summed E-state index contributed by atoms with van der Waals surface area (Å²) >= 11 is 1.78. The first-order valence-electron chi connectivity index (χ1n) is 7.29. The molecule has 1 amide bonds. The van der Waals surface area contributed by atoms with Crippen molar-refractivity contribution in [1.29, 1.82) is 0 Å². The van der Waals surface area contributed by atoms with E-state index in [4.69, 9.17) is 4.74 Å². The molecule has 6 heteroatoms. The maximum absolute atomic E-state index is 12.6. The number of carbonyl (C=O) groups is 2. The summed E-state index contributed by atoms with van der Waals surface area (Å²) in [7, 11) is 1.36. The minimum absolute atomic E-state index is 0.0227. The summed E-state index contributed by atoms with van der Waals surface area (Å²) in [6.45, 7) is 5.75. The van der Waals surface area contributed by atoms with Crippen LogP contribution in [0, 0.1) is 5.92 Å². The third-order valence-corrected chi connectivity index (χ3v) is 4.77. The van der Waals surface area contributed by atoms with Crippen LogP contribution in [0.1, 0.15) is 26.7 Å². The average molecular weight is 302 g/mol. The zero-order chi connectivity index (χ0) is 15.0. The van der Waals surface area contributed by atoms with Gasteiger partial charge in [-0.05, 0) is 5.92 Å². The van der Waals surface area contributed by atoms with Gasteiger partial charge in [-0.1, -0.05) is 26.7 Å². The lowest BCUT2D eigenvalue weighted by Crippen LogP contribution is -2.52. The number of rotatable bonds is 7. The third-order valence-electron chi connectivity index (χ3n) is 3.71. The Hall–Kier alpha value is -0.750. The van der Waals surface area contributed by atoms with Crippen molar-refractivity contribution < 1.29 is 14.3 Å². The van der Waals surface area contributed by atoms with Gasteiger partial charge in [0.05, 0.1) is 13.2 Å². The molecule has 0 aromatic carbocycles. The number of hydrogen-bond donors (Lipinski definition) is 1. The van der Waals surface area contributed by atoms with Gasteiger partial charge < -0.3 is 15.0 Å². The van der Waals surface area contributed by atoms with Gasteiger partial charge in [-0.2, -0.15) is 11.8 Å². The summed E-state index contributed by atoms with van der Waals surface area (Å²) in [4.78, 5) is 25.7. The second kappa shape index (κ2) is 9.23. The van der Waals surface area contributed by atoms with E-state index in [2.05, 4.69) is 19.2 Å². The molecule has 1 N–H and O–H groups in total. The Kier molecular flexibility index (Phi) is 7.99. The van der Waals surface area contributed by atoms with E-state index in [1.165, 1.54) is 7.11 Å². The average Bonchev–Trinajstić information content (AvgIpc) is 2.51. The molecule has 1 aliphatic heterocycles. The highest BCUT2D eigenvalue weighted by Gasteiger charge is 2.28. The molecule has 0 aromatic heterocycles. The topological polar surface area (TPSA) is 58.6 Å². The van der Waals surface area contributed by atoms with Crippen LogP contribution in [0.5, 0.6) is 0 Å². The van der Waals surface area contributed by atoms with Gasteiger partial charge >= 0.3 is 5.97 Å². The van der Waals surface area contributed by atoms with E-state index in [0.29, 0.717) is 12.5 Å². The van der Waals surface area contributed by atoms with Gasteiger partial charge in [0.15, 0.2) is 0 Å². The van der Waals surface area contributed by atoms with E-state index >= 15 is 0 Å². The monoisotopic (exact) mass is 302 g/mol. The maximum Gasteiger partial charge on any atom is 0.325 e. The Morgan fingerprint density at radius 1 is 1.40 bits per heavy atom. The number of nitrogens with one attached hydrogen (secondary N) is 1. The molecule has 1 atom stereocenters. The highest BCUT2D eigenvalue weighted by molar-refractivity contribution is 7.99. The van der Waals surface area contributed by atoms with Gasteiger partial charge in [-0.25, -0.2) is 0 Å². The lowest BCUT2D eigenvalue weighted by Gasteiger charge is -2.31. The van der Waals surface area contributed by atoms with Crippen molar-refractivity contribution in [2.45, 2.75) is 32.7 Å². The van der Waals surface area contributed by atoms with E-state index in [-0.39, 0.29) is 24.5 Å². The Bertz CT molecular complexity index is 316. The predicted molar refractivity (Wildman–Crippen MR) is 81.8 cm³/mol. The number of esters is 1. The molecule has 1 heterocycles. The van der Waals surface area contributed by atoms with Gasteiger partial charge in [0, 0.05) is 24.6 Å². The Morgan fingerprint density at radius 2 is 2.10 bits per heavy atom. The van der Waals surface area contributed by atoms with E-state index in [1.54, 1.807) is 16.7 Å². The minimum Gasteiger partial charge on any atom is -0.468 e. The van der Waals surface area contributed by atoms with E-state index < -0.39 is 0 Å². The van der Waals surface area contributed by atoms with Crippen LogP contribution >= 0.6 is 11.8 Å². The van der Waals surface area contributed by atoms with Gasteiger partial charge in [0.1, 0.15) is 6.54 Å². The summed E-state index contributed by atoms with van der Waals surface area (Å²) < 4.78 is 4.71. The summed E-state index contributed by atoms with van der Waals surface area (Å²) in [5.41, 5.74) is 0. The predicted octanol–water partition coefficient (Wildman–Crippen LogP) is 1.13. The molecular weight excluding hydrogens is 276 g/mol. The van der Waals surface area contributed by atoms with Gasteiger partial charge in [-0.3, -0.25) is 9.59 Å². The second-order valence-corrected chi connectivity index (χ2v) is 6.21. The standard InChI is InChI=1S/C14H26N2O3S/c1-4-11(5-2)8-16(9-13(17)19-3)14(18)12-10-20-7-6-15-12/h11-12,15H,4-10H2,1-3H3. The first kappa shape index (κ1) is 17.3. The quantitative estimate of drug-likeness (QED) is 0.715. The van der Waals surface area contributed by atoms with Crippen molar-refractivity contribution in [3.05, 3.63) is 0 Å². The molecule has 5 nitrogen and oxygen atoms in total. The number of thioether (sulfide) groups is 1. The van der Waals surface area contributed by atoms with Crippen LogP contribution in [-0.2, 0) is 14.3 Å². The molecule has 1 unspecified atom stereocenters. The first-order valence-corrected chi connectivity index (χ1v) is 8.44. The zero-order valence-electron chi connectivity index (χ0n) is 12.7.